The van der Waals surface area contributed by atoms with E-state index in [0.717, 1.165) is 46.7 Å². The summed E-state index contributed by atoms with van der Waals surface area (Å²) in [6, 6.07) is 29.0. The number of aryl methyl sites for hydroxylation is 1. The Kier molecular flexibility index (Phi) is 11.4. The Morgan fingerprint density at radius 2 is 1.46 bits per heavy atom. The van der Waals surface area contributed by atoms with E-state index < -0.39 is 28.5 Å². The van der Waals surface area contributed by atoms with Gasteiger partial charge in [-0.2, -0.15) is 0 Å². The highest BCUT2D eigenvalue weighted by Crippen LogP contribution is 2.27. The number of rotatable bonds is 14. The summed E-state index contributed by atoms with van der Waals surface area (Å²) in [6.07, 6.45) is 4.10. The third kappa shape index (κ3) is 8.55. The molecule has 1 saturated carbocycles. The number of nitrogens with zero attached hydrogens (tertiary/aromatic N) is 2. The second-order valence-corrected chi connectivity index (χ2v) is 14.0. The molecule has 48 heavy (non-hydrogen) atoms. The SMILES string of the molecule is COc1ccc(S(=O)(=O)N(CC(=O)N(Cc2cccc(OC)c2)C(Cc2ccccc2)C(=O)NC2CCCC2)c2ccc(C)cc2)cc1. The maximum Gasteiger partial charge on any atom is 0.264 e. The standard InChI is InChI=1S/C38H43N3O6S/c1-28-16-18-32(19-17-28)41(48(44,45)35-22-20-33(46-2)21-23-35)27-37(42)40(26-30-12-9-15-34(24-30)47-3)36(25-29-10-5-4-6-11-29)38(43)39-31-13-7-8-14-31/h4-6,9-12,15-24,31,36H,7-8,13-14,25-27H2,1-3H3,(H,39,43). The summed E-state index contributed by atoms with van der Waals surface area (Å²) in [4.78, 5) is 30.4. The highest BCUT2D eigenvalue weighted by Gasteiger charge is 2.35. The molecule has 0 aromatic heterocycles. The van der Waals surface area contributed by atoms with E-state index in [1.54, 1.807) is 43.5 Å². The number of sulfonamides is 1. The van der Waals surface area contributed by atoms with Crippen LogP contribution in [0.3, 0.4) is 0 Å². The van der Waals surface area contributed by atoms with Gasteiger partial charge in [0, 0.05) is 19.0 Å². The van der Waals surface area contributed by atoms with Crippen molar-refractivity contribution in [3.8, 4) is 11.5 Å². The van der Waals surface area contributed by atoms with E-state index in [2.05, 4.69) is 5.32 Å². The number of nitrogens with one attached hydrogen (secondary N) is 1. The predicted octanol–water partition coefficient (Wildman–Crippen LogP) is 5.91. The van der Waals surface area contributed by atoms with Crippen LogP contribution >= 0.6 is 0 Å². The van der Waals surface area contributed by atoms with Crippen LogP contribution in [0.5, 0.6) is 11.5 Å². The molecule has 5 rings (SSSR count). The quantitative estimate of drug-likeness (QED) is 0.179. The molecule has 0 radical (unpaired) electrons. The maximum absolute atomic E-state index is 14.7. The van der Waals surface area contributed by atoms with Gasteiger partial charge in [-0.1, -0.05) is 73.0 Å². The molecule has 9 nitrogen and oxygen atoms in total. The molecule has 0 saturated heterocycles. The average molecular weight is 670 g/mol. The molecule has 4 aromatic carbocycles. The highest BCUT2D eigenvalue weighted by molar-refractivity contribution is 7.92. The van der Waals surface area contributed by atoms with Gasteiger partial charge in [0.05, 0.1) is 24.8 Å². The summed E-state index contributed by atoms with van der Waals surface area (Å²) in [5, 5.41) is 3.20. The van der Waals surface area contributed by atoms with Crippen molar-refractivity contribution in [1.29, 1.82) is 0 Å². The number of hydrogen-bond acceptors (Lipinski definition) is 6. The minimum atomic E-state index is -4.22. The van der Waals surface area contributed by atoms with Crippen molar-refractivity contribution >= 4 is 27.5 Å². The normalized spacial score (nSPS) is 13.8. The molecule has 10 heteroatoms. The summed E-state index contributed by atoms with van der Waals surface area (Å²) in [7, 11) is -1.14. The number of benzene rings is 4. The van der Waals surface area contributed by atoms with Crippen molar-refractivity contribution in [1.82, 2.24) is 10.2 Å². The van der Waals surface area contributed by atoms with Crippen LogP contribution in [0.15, 0.2) is 108 Å². The van der Waals surface area contributed by atoms with Crippen LogP contribution in [-0.4, -0.2) is 58.0 Å². The lowest BCUT2D eigenvalue weighted by molar-refractivity contribution is -0.140. The minimum absolute atomic E-state index is 0.0100. The van der Waals surface area contributed by atoms with Crippen LogP contribution in [-0.2, 0) is 32.6 Å². The number of carbonyl (C=O) groups excluding carboxylic acids is 2. The van der Waals surface area contributed by atoms with Crippen LogP contribution in [0.25, 0.3) is 0 Å². The fraction of sp³-hybridized carbons (Fsp3) is 0.316. The molecule has 1 aliphatic carbocycles. The Morgan fingerprint density at radius 3 is 2.10 bits per heavy atom. The smallest absolute Gasteiger partial charge is 0.264 e. The Balaban J connectivity index is 1.57. The fourth-order valence-electron chi connectivity index (χ4n) is 6.00. The van der Waals surface area contributed by atoms with Gasteiger partial charge in [-0.25, -0.2) is 8.42 Å². The molecule has 0 spiro atoms. The third-order valence-corrected chi connectivity index (χ3v) is 10.5. The van der Waals surface area contributed by atoms with Gasteiger partial charge in [0.15, 0.2) is 0 Å². The van der Waals surface area contributed by atoms with Gasteiger partial charge in [-0.15, -0.1) is 0 Å². The van der Waals surface area contributed by atoms with Crippen LogP contribution in [0.4, 0.5) is 5.69 Å². The lowest BCUT2D eigenvalue weighted by Crippen LogP contribution is -2.54. The van der Waals surface area contributed by atoms with Gasteiger partial charge in [-0.05, 0) is 79.4 Å². The first-order valence-corrected chi connectivity index (χ1v) is 17.6. The molecule has 1 N–H and O–H groups in total. The van der Waals surface area contributed by atoms with Gasteiger partial charge in [-0.3, -0.25) is 13.9 Å². The summed E-state index contributed by atoms with van der Waals surface area (Å²) < 4.78 is 40.3. The molecule has 252 valence electrons. The summed E-state index contributed by atoms with van der Waals surface area (Å²) >= 11 is 0. The number of hydrogen-bond donors (Lipinski definition) is 1. The summed E-state index contributed by atoms with van der Waals surface area (Å²) in [5.74, 6) is 0.339. The first-order chi connectivity index (χ1) is 23.2. The average Bonchev–Trinajstić information content (AvgIpc) is 3.62. The predicted molar refractivity (Wildman–Crippen MR) is 187 cm³/mol. The summed E-state index contributed by atoms with van der Waals surface area (Å²) in [5.41, 5.74) is 2.90. The molecule has 1 unspecified atom stereocenters. The number of ether oxygens (including phenoxy) is 2. The van der Waals surface area contributed by atoms with Gasteiger partial charge in [0.1, 0.15) is 24.1 Å². The first-order valence-electron chi connectivity index (χ1n) is 16.2. The highest BCUT2D eigenvalue weighted by atomic mass is 32.2. The van der Waals surface area contributed by atoms with Crippen LogP contribution in [0.2, 0.25) is 0 Å². The van der Waals surface area contributed by atoms with Crippen molar-refractivity contribution in [2.45, 2.75) is 62.6 Å². The Labute approximate surface area is 283 Å². The summed E-state index contributed by atoms with van der Waals surface area (Å²) in [6.45, 7) is 1.45. The van der Waals surface area contributed by atoms with Crippen LogP contribution < -0.4 is 19.1 Å². The molecule has 1 aliphatic rings. The van der Waals surface area contributed by atoms with E-state index in [-0.39, 0.29) is 29.8 Å². The number of amides is 2. The largest absolute Gasteiger partial charge is 0.497 e. The Hall–Kier alpha value is -4.83. The molecular formula is C38H43N3O6S. The number of methoxy groups -OCH3 is 2. The zero-order chi connectivity index (χ0) is 34.1. The Morgan fingerprint density at radius 1 is 0.812 bits per heavy atom. The van der Waals surface area contributed by atoms with Crippen molar-refractivity contribution < 1.29 is 27.5 Å². The van der Waals surface area contributed by atoms with E-state index >= 15 is 0 Å². The Bertz CT molecular complexity index is 1770. The molecule has 1 atom stereocenters. The zero-order valence-corrected chi connectivity index (χ0v) is 28.5. The van der Waals surface area contributed by atoms with Crippen molar-refractivity contribution in [2.24, 2.45) is 0 Å². The first kappa shape index (κ1) is 34.5. The molecule has 0 aliphatic heterocycles. The minimum Gasteiger partial charge on any atom is -0.497 e. The van der Waals surface area contributed by atoms with Gasteiger partial charge in [0.2, 0.25) is 11.8 Å². The molecule has 1 fully saturated rings. The van der Waals surface area contributed by atoms with Crippen LogP contribution in [0, 0.1) is 6.92 Å². The number of anilines is 1. The molecule has 0 bridgehead atoms. The number of carbonyl (C=O) groups is 2. The second-order valence-electron chi connectivity index (χ2n) is 12.1. The van der Waals surface area contributed by atoms with Crippen molar-refractivity contribution in [2.75, 3.05) is 25.1 Å². The van der Waals surface area contributed by atoms with Gasteiger partial charge in [0.25, 0.3) is 10.0 Å². The van der Waals surface area contributed by atoms with Crippen molar-refractivity contribution in [3.05, 3.63) is 120 Å². The third-order valence-electron chi connectivity index (χ3n) is 8.71. The van der Waals surface area contributed by atoms with E-state index in [1.165, 1.54) is 24.1 Å². The van der Waals surface area contributed by atoms with E-state index in [1.807, 2.05) is 61.5 Å². The van der Waals surface area contributed by atoms with E-state index in [9.17, 15) is 18.0 Å². The maximum atomic E-state index is 14.7. The second kappa shape index (κ2) is 15.8. The van der Waals surface area contributed by atoms with E-state index in [4.69, 9.17) is 9.47 Å². The molecule has 2 amide bonds. The molecule has 4 aromatic rings. The van der Waals surface area contributed by atoms with E-state index in [0.29, 0.717) is 17.2 Å². The fourth-order valence-corrected chi connectivity index (χ4v) is 7.42. The van der Waals surface area contributed by atoms with Crippen molar-refractivity contribution in [3.63, 3.8) is 0 Å². The molecular weight excluding hydrogens is 627 g/mol. The monoisotopic (exact) mass is 669 g/mol. The topological polar surface area (TPSA) is 105 Å². The van der Waals surface area contributed by atoms with Gasteiger partial charge >= 0.3 is 0 Å². The zero-order valence-electron chi connectivity index (χ0n) is 27.7. The lowest BCUT2D eigenvalue weighted by atomic mass is 10.0. The van der Waals surface area contributed by atoms with Crippen LogP contribution in [0.1, 0.15) is 42.4 Å². The van der Waals surface area contributed by atoms with Gasteiger partial charge < -0.3 is 19.7 Å². The lowest BCUT2D eigenvalue weighted by Gasteiger charge is -2.34. The molecule has 0 heterocycles.